The van der Waals surface area contributed by atoms with E-state index in [1.54, 1.807) is 75.4 Å². The number of carbonyl (C=O) groups is 3. The lowest BCUT2D eigenvalue weighted by Gasteiger charge is -2.21. The summed E-state index contributed by atoms with van der Waals surface area (Å²) in [5.74, 6) is -0.826. The van der Waals surface area contributed by atoms with Crippen LogP contribution in [0.15, 0.2) is 66.7 Å². The van der Waals surface area contributed by atoms with Gasteiger partial charge in [-0.05, 0) is 86.4 Å². The molecule has 8 nitrogen and oxygen atoms in total. The maximum Gasteiger partial charge on any atom is 0.412 e. The van der Waals surface area contributed by atoms with Crippen molar-refractivity contribution in [2.75, 3.05) is 16.0 Å². The molecule has 0 spiro atoms. The smallest absolute Gasteiger partial charge is 0.412 e. The van der Waals surface area contributed by atoms with Crippen molar-refractivity contribution in [2.24, 2.45) is 0 Å². The van der Waals surface area contributed by atoms with E-state index in [1.807, 2.05) is 12.1 Å². The lowest BCUT2D eigenvalue weighted by Crippen LogP contribution is -2.34. The van der Waals surface area contributed by atoms with Crippen LogP contribution in [0.25, 0.3) is 0 Å². The highest BCUT2D eigenvalue weighted by Gasteiger charge is 2.20. The van der Waals surface area contributed by atoms with Crippen molar-refractivity contribution in [3.63, 3.8) is 0 Å². The number of rotatable bonds is 5. The monoisotopic (exact) mass is 580 g/mol. The summed E-state index contributed by atoms with van der Waals surface area (Å²) in [4.78, 5) is 38.1. The van der Waals surface area contributed by atoms with Crippen molar-refractivity contribution >= 4 is 63.9 Å². The van der Waals surface area contributed by atoms with E-state index in [1.165, 1.54) is 0 Å². The van der Waals surface area contributed by atoms with Crippen molar-refractivity contribution in [3.8, 4) is 0 Å². The Hall–Kier alpha value is -3.95. The van der Waals surface area contributed by atoms with Crippen LogP contribution in [0.2, 0.25) is 5.02 Å². The lowest BCUT2D eigenvalue weighted by molar-refractivity contribution is 0.0635. The van der Waals surface area contributed by atoms with Gasteiger partial charge in [-0.3, -0.25) is 20.2 Å². The molecule has 0 saturated heterocycles. The second-order valence-corrected chi connectivity index (χ2v) is 11.9. The molecule has 0 aromatic heterocycles. The van der Waals surface area contributed by atoms with E-state index in [0.717, 1.165) is 5.56 Å². The number of anilines is 3. The predicted octanol–water partition coefficient (Wildman–Crippen LogP) is 7.36. The third kappa shape index (κ3) is 8.79. The Morgan fingerprint density at radius 3 is 2.02 bits per heavy atom. The van der Waals surface area contributed by atoms with Gasteiger partial charge >= 0.3 is 6.09 Å². The number of thiocarbonyl (C=S) groups is 1. The lowest BCUT2D eigenvalue weighted by atomic mass is 9.87. The van der Waals surface area contributed by atoms with Crippen LogP contribution >= 0.6 is 23.8 Å². The van der Waals surface area contributed by atoms with Crippen molar-refractivity contribution < 1.29 is 19.1 Å². The third-order valence-corrected chi connectivity index (χ3v) is 6.05. The normalized spacial score (nSPS) is 11.3. The number of ether oxygens (including phenoxy) is 1. The van der Waals surface area contributed by atoms with Gasteiger partial charge in [-0.25, -0.2) is 4.79 Å². The zero-order valence-corrected chi connectivity index (χ0v) is 24.8. The van der Waals surface area contributed by atoms with Crippen LogP contribution in [0.4, 0.5) is 21.9 Å². The predicted molar refractivity (Wildman–Crippen MR) is 165 cm³/mol. The average Bonchev–Trinajstić information content (AvgIpc) is 2.84. The summed E-state index contributed by atoms with van der Waals surface area (Å²) in [6.45, 7) is 11.5. The second kappa shape index (κ2) is 12.5. The van der Waals surface area contributed by atoms with E-state index < -0.39 is 17.6 Å². The minimum absolute atomic E-state index is 0.0318. The fraction of sp³-hybridized carbons (Fsp3) is 0.267. The van der Waals surface area contributed by atoms with Crippen LogP contribution in [-0.4, -0.2) is 28.6 Å². The standard InChI is InChI=1S/C30H33ClN4O4S/c1-29(2,3)19-13-11-18(12-14-19)25(36)35-27(40)32-20-15-16-23(24(17-20)34-28(38)39-30(4,5)6)33-26(37)21-9-7-8-10-22(21)31/h7-17H,1-6H3,(H,33,37)(H,34,38)(H2,32,35,36,40). The molecule has 0 saturated carbocycles. The van der Waals surface area contributed by atoms with Crippen molar-refractivity contribution in [1.29, 1.82) is 0 Å². The molecule has 3 amide bonds. The highest BCUT2D eigenvalue weighted by molar-refractivity contribution is 7.80. The molecule has 0 heterocycles. The van der Waals surface area contributed by atoms with E-state index >= 15 is 0 Å². The largest absolute Gasteiger partial charge is 0.444 e. The maximum absolute atomic E-state index is 12.9. The molecule has 0 bridgehead atoms. The van der Waals surface area contributed by atoms with Crippen molar-refractivity contribution in [3.05, 3.63) is 88.4 Å². The van der Waals surface area contributed by atoms with E-state index in [9.17, 15) is 14.4 Å². The minimum atomic E-state index is -0.738. The van der Waals surface area contributed by atoms with Crippen LogP contribution < -0.4 is 21.3 Å². The van der Waals surface area contributed by atoms with E-state index in [2.05, 4.69) is 42.0 Å². The van der Waals surface area contributed by atoms with Gasteiger partial charge in [0, 0.05) is 11.3 Å². The van der Waals surface area contributed by atoms with Gasteiger partial charge in [0.15, 0.2) is 5.11 Å². The average molecular weight is 581 g/mol. The van der Waals surface area contributed by atoms with Gasteiger partial charge in [-0.2, -0.15) is 0 Å². The van der Waals surface area contributed by atoms with Crippen LogP contribution in [0.3, 0.4) is 0 Å². The molecule has 0 aliphatic rings. The molecule has 0 fully saturated rings. The maximum atomic E-state index is 12.9. The summed E-state index contributed by atoms with van der Waals surface area (Å²) in [5.41, 5.74) is 2.07. The number of benzene rings is 3. The summed E-state index contributed by atoms with van der Waals surface area (Å²) in [6.07, 6.45) is -0.715. The van der Waals surface area contributed by atoms with Crippen molar-refractivity contribution in [1.82, 2.24) is 5.32 Å². The van der Waals surface area contributed by atoms with Crippen LogP contribution in [0, 0.1) is 0 Å². The van der Waals surface area contributed by atoms with Gasteiger partial charge in [0.2, 0.25) is 0 Å². The SMILES string of the molecule is CC(C)(C)OC(=O)Nc1cc(NC(=S)NC(=O)c2ccc(C(C)(C)C)cc2)ccc1NC(=O)c1ccccc1Cl. The molecule has 4 N–H and O–H groups in total. The number of nitrogens with one attached hydrogen (secondary N) is 4. The van der Waals surface area contributed by atoms with Crippen LogP contribution in [0.5, 0.6) is 0 Å². The number of hydrogen-bond acceptors (Lipinski definition) is 5. The molecule has 210 valence electrons. The Kier molecular flexibility index (Phi) is 9.55. The molecule has 3 aromatic rings. The molecule has 40 heavy (non-hydrogen) atoms. The third-order valence-electron chi connectivity index (χ3n) is 5.52. The Bertz CT molecular complexity index is 1430. The van der Waals surface area contributed by atoms with Gasteiger partial charge in [0.1, 0.15) is 5.60 Å². The van der Waals surface area contributed by atoms with Gasteiger partial charge in [0.05, 0.1) is 22.0 Å². The summed E-state index contributed by atoms with van der Waals surface area (Å²) in [5, 5.41) is 11.3. The first kappa shape index (κ1) is 30.6. The highest BCUT2D eigenvalue weighted by Crippen LogP contribution is 2.28. The number of carbonyl (C=O) groups excluding carboxylic acids is 3. The first-order valence-electron chi connectivity index (χ1n) is 12.6. The molecular weight excluding hydrogens is 548 g/mol. The molecular formula is C30H33ClN4O4S. The minimum Gasteiger partial charge on any atom is -0.444 e. The summed E-state index contributed by atoms with van der Waals surface area (Å²) in [7, 11) is 0. The Morgan fingerprint density at radius 1 is 0.775 bits per heavy atom. The van der Waals surface area contributed by atoms with Gasteiger partial charge in [0.25, 0.3) is 11.8 Å². The fourth-order valence-corrected chi connectivity index (χ4v) is 3.97. The number of amides is 3. The van der Waals surface area contributed by atoms with Crippen molar-refractivity contribution in [2.45, 2.75) is 52.6 Å². The first-order chi connectivity index (χ1) is 18.6. The van der Waals surface area contributed by atoms with Gasteiger partial charge in [-0.15, -0.1) is 0 Å². The molecule has 0 unspecified atom stereocenters. The molecule has 0 aliphatic carbocycles. The zero-order valence-electron chi connectivity index (χ0n) is 23.3. The second-order valence-electron chi connectivity index (χ2n) is 11.1. The summed E-state index contributed by atoms with van der Waals surface area (Å²) >= 11 is 11.5. The zero-order chi connectivity index (χ0) is 29.7. The summed E-state index contributed by atoms with van der Waals surface area (Å²) < 4.78 is 5.37. The summed E-state index contributed by atoms with van der Waals surface area (Å²) in [6, 6.07) is 18.7. The molecule has 10 heteroatoms. The molecule has 0 atom stereocenters. The molecule has 0 radical (unpaired) electrons. The molecule has 3 aromatic carbocycles. The number of hydrogen-bond donors (Lipinski definition) is 4. The number of halogens is 1. The van der Waals surface area contributed by atoms with Crippen LogP contribution in [0.1, 0.15) is 67.8 Å². The first-order valence-corrected chi connectivity index (χ1v) is 13.3. The fourth-order valence-electron chi connectivity index (χ4n) is 3.54. The molecule has 0 aliphatic heterocycles. The highest BCUT2D eigenvalue weighted by atomic mass is 35.5. The van der Waals surface area contributed by atoms with Crippen LogP contribution in [-0.2, 0) is 10.2 Å². The van der Waals surface area contributed by atoms with Gasteiger partial charge in [-0.1, -0.05) is 56.6 Å². The molecule has 3 rings (SSSR count). The van der Waals surface area contributed by atoms with Gasteiger partial charge < -0.3 is 15.4 Å². The Labute approximate surface area is 244 Å². The topological polar surface area (TPSA) is 109 Å². The van der Waals surface area contributed by atoms with E-state index in [0.29, 0.717) is 16.9 Å². The Balaban J connectivity index is 1.78. The Morgan fingerprint density at radius 2 is 1.43 bits per heavy atom. The van der Waals surface area contributed by atoms with E-state index in [4.69, 9.17) is 28.6 Å². The quantitative estimate of drug-likeness (QED) is 0.235. The van der Waals surface area contributed by atoms with E-state index in [-0.39, 0.29) is 32.7 Å².